The van der Waals surface area contributed by atoms with E-state index in [0.717, 1.165) is 12.1 Å². The molecule has 37 heavy (non-hydrogen) atoms. The van der Waals surface area contributed by atoms with Crippen molar-refractivity contribution in [2.45, 2.75) is 63.1 Å². The first-order valence-electron chi connectivity index (χ1n) is 12.1. The van der Waals surface area contributed by atoms with Gasteiger partial charge in [0.1, 0.15) is 17.2 Å². The molecule has 1 heterocycles. The van der Waals surface area contributed by atoms with Gasteiger partial charge in [0.2, 0.25) is 0 Å². The molecular formula is C26H32ClF2NO6S. The normalized spacial score (nSPS) is 15.0. The second-order valence-electron chi connectivity index (χ2n) is 9.83. The van der Waals surface area contributed by atoms with Crippen LogP contribution in [-0.4, -0.2) is 56.6 Å². The second kappa shape index (κ2) is 12.4. The molecule has 1 saturated heterocycles. The van der Waals surface area contributed by atoms with Crippen LogP contribution in [0.5, 0.6) is 11.5 Å². The highest BCUT2D eigenvalue weighted by molar-refractivity contribution is 7.91. The molecule has 1 fully saturated rings. The molecule has 1 aliphatic heterocycles. The Labute approximate surface area is 221 Å². The number of piperidine rings is 1. The van der Waals surface area contributed by atoms with Crippen molar-refractivity contribution < 1.29 is 36.2 Å². The van der Waals surface area contributed by atoms with Gasteiger partial charge in [0.25, 0.3) is 0 Å². The number of sulfone groups is 1. The van der Waals surface area contributed by atoms with Crippen LogP contribution in [-0.2, 0) is 19.3 Å². The predicted molar refractivity (Wildman–Crippen MR) is 136 cm³/mol. The third kappa shape index (κ3) is 8.83. The van der Waals surface area contributed by atoms with Gasteiger partial charge >= 0.3 is 6.09 Å². The molecule has 1 aliphatic rings. The maximum atomic E-state index is 13.8. The minimum absolute atomic E-state index is 0.00847. The summed E-state index contributed by atoms with van der Waals surface area (Å²) in [6.07, 6.45) is 2.06. The van der Waals surface area contributed by atoms with E-state index in [0.29, 0.717) is 51.4 Å². The molecule has 0 bridgehead atoms. The molecule has 0 aromatic heterocycles. The number of hydrogen-bond acceptors (Lipinski definition) is 6. The first kappa shape index (κ1) is 29.1. The van der Waals surface area contributed by atoms with Gasteiger partial charge in [-0.2, -0.15) is 0 Å². The first-order valence-corrected chi connectivity index (χ1v) is 14.1. The fraction of sp³-hybridized carbons (Fsp3) is 0.500. The van der Waals surface area contributed by atoms with Crippen molar-refractivity contribution in [3.63, 3.8) is 0 Å². The number of carbonyl (C=O) groups is 1. The van der Waals surface area contributed by atoms with Gasteiger partial charge in [-0.1, -0.05) is 11.6 Å². The third-order valence-electron chi connectivity index (χ3n) is 5.63. The van der Waals surface area contributed by atoms with Crippen molar-refractivity contribution in [2.75, 3.05) is 25.4 Å². The van der Waals surface area contributed by atoms with E-state index in [-0.39, 0.29) is 39.4 Å². The van der Waals surface area contributed by atoms with Crippen molar-refractivity contribution in [1.82, 2.24) is 4.90 Å². The summed E-state index contributed by atoms with van der Waals surface area (Å²) in [5.74, 6) is -1.90. The molecule has 0 saturated carbocycles. The number of ether oxygens (including phenoxy) is 3. The Kier molecular flexibility index (Phi) is 9.77. The van der Waals surface area contributed by atoms with Crippen LogP contribution in [0, 0.1) is 11.6 Å². The second-order valence-corrected chi connectivity index (χ2v) is 12.3. The average molecular weight is 560 g/mol. The highest BCUT2D eigenvalue weighted by Gasteiger charge is 2.27. The monoisotopic (exact) mass is 559 g/mol. The van der Waals surface area contributed by atoms with Crippen molar-refractivity contribution in [1.29, 1.82) is 0 Å². The van der Waals surface area contributed by atoms with Crippen LogP contribution in [0.15, 0.2) is 41.3 Å². The lowest BCUT2D eigenvalue weighted by Gasteiger charge is -2.33. The molecule has 1 amide bonds. The van der Waals surface area contributed by atoms with Crippen molar-refractivity contribution in [2.24, 2.45) is 0 Å². The Morgan fingerprint density at radius 1 is 1.05 bits per heavy atom. The molecule has 0 radical (unpaired) electrons. The average Bonchev–Trinajstić information content (AvgIpc) is 2.81. The number of carbonyl (C=O) groups excluding carboxylic acids is 1. The molecule has 7 nitrogen and oxygen atoms in total. The van der Waals surface area contributed by atoms with Gasteiger partial charge < -0.3 is 19.1 Å². The predicted octanol–water partition coefficient (Wildman–Crippen LogP) is 6.38. The summed E-state index contributed by atoms with van der Waals surface area (Å²) in [5.41, 5.74) is -0.532. The van der Waals surface area contributed by atoms with Gasteiger partial charge in [0.05, 0.1) is 21.8 Å². The van der Waals surface area contributed by atoms with Gasteiger partial charge in [0.15, 0.2) is 21.4 Å². The molecule has 11 heteroatoms. The van der Waals surface area contributed by atoms with Gasteiger partial charge in [-0.3, -0.25) is 0 Å². The van der Waals surface area contributed by atoms with Gasteiger partial charge in [-0.05, 0) is 76.8 Å². The van der Waals surface area contributed by atoms with Gasteiger partial charge in [0, 0.05) is 25.8 Å². The summed E-state index contributed by atoms with van der Waals surface area (Å²) < 4.78 is 69.0. The molecule has 3 rings (SSSR count). The van der Waals surface area contributed by atoms with Crippen LogP contribution in [0.2, 0.25) is 5.02 Å². The maximum Gasteiger partial charge on any atom is 0.410 e. The lowest BCUT2D eigenvalue weighted by Crippen LogP contribution is -2.43. The molecule has 0 spiro atoms. The minimum Gasteiger partial charge on any atom is -0.453 e. The zero-order valence-corrected chi connectivity index (χ0v) is 22.7. The van der Waals surface area contributed by atoms with Crippen LogP contribution in [0.1, 0.15) is 46.5 Å². The Bertz CT molecular complexity index is 1190. The molecule has 2 aromatic rings. The summed E-state index contributed by atoms with van der Waals surface area (Å²) in [5, 5.41) is -0.00847. The zero-order valence-electron chi connectivity index (χ0n) is 21.1. The molecular weight excluding hydrogens is 528 g/mol. The van der Waals surface area contributed by atoms with E-state index in [9.17, 15) is 22.0 Å². The number of hydrogen-bond donors (Lipinski definition) is 0. The van der Waals surface area contributed by atoms with E-state index in [1.54, 1.807) is 4.90 Å². The number of benzene rings is 2. The van der Waals surface area contributed by atoms with E-state index < -0.39 is 27.1 Å². The van der Waals surface area contributed by atoms with Crippen LogP contribution < -0.4 is 4.74 Å². The van der Waals surface area contributed by atoms with Crippen molar-refractivity contribution in [3.8, 4) is 11.5 Å². The third-order valence-corrected chi connectivity index (χ3v) is 7.72. The summed E-state index contributed by atoms with van der Waals surface area (Å²) in [6, 6.07) is 6.78. The summed E-state index contributed by atoms with van der Waals surface area (Å²) in [4.78, 5) is 13.8. The number of nitrogens with zero attached hydrogens (tertiary/aromatic N) is 1. The quantitative estimate of drug-likeness (QED) is 0.332. The number of likely N-dealkylation sites (tertiary alicyclic amines) is 1. The zero-order chi connectivity index (χ0) is 27.2. The van der Waals surface area contributed by atoms with E-state index >= 15 is 0 Å². The molecule has 0 unspecified atom stereocenters. The fourth-order valence-corrected chi connectivity index (χ4v) is 5.40. The maximum absolute atomic E-state index is 13.8. The van der Waals surface area contributed by atoms with Gasteiger partial charge in [-0.25, -0.2) is 22.0 Å². The van der Waals surface area contributed by atoms with E-state index in [1.807, 2.05) is 20.8 Å². The number of unbranched alkanes of at least 4 members (excludes halogenated alkanes) is 1. The molecule has 0 N–H and O–H groups in total. The Morgan fingerprint density at radius 3 is 2.35 bits per heavy atom. The summed E-state index contributed by atoms with van der Waals surface area (Å²) in [6.45, 7) is 7.03. The Hall–Kier alpha value is -2.43. The van der Waals surface area contributed by atoms with Crippen LogP contribution in [0.4, 0.5) is 13.6 Å². The summed E-state index contributed by atoms with van der Waals surface area (Å²) >= 11 is 6.16. The number of halogens is 3. The standard InChI is InChI=1S/C26H32ClF2NO6S/c1-26(2,3)36-25(31)30-12-10-19(11-13-30)34-14-4-5-15-37(32,33)20-7-9-23(21(27)17-20)35-24-8-6-18(28)16-22(24)29/h6-9,16-17,19H,4-5,10-15H2,1-3H3. The molecule has 2 aromatic carbocycles. The van der Waals surface area contributed by atoms with E-state index in [4.69, 9.17) is 25.8 Å². The van der Waals surface area contributed by atoms with Crippen molar-refractivity contribution in [3.05, 3.63) is 53.1 Å². The fourth-order valence-electron chi connectivity index (χ4n) is 3.73. The number of rotatable bonds is 9. The minimum atomic E-state index is -3.60. The molecule has 0 atom stereocenters. The Balaban J connectivity index is 1.41. The highest BCUT2D eigenvalue weighted by Crippen LogP contribution is 2.33. The van der Waals surface area contributed by atoms with E-state index in [1.165, 1.54) is 18.2 Å². The van der Waals surface area contributed by atoms with Crippen molar-refractivity contribution >= 4 is 27.5 Å². The lowest BCUT2D eigenvalue weighted by molar-refractivity contribution is -0.0118. The molecule has 0 aliphatic carbocycles. The summed E-state index contributed by atoms with van der Waals surface area (Å²) in [7, 11) is -3.60. The van der Waals surface area contributed by atoms with Crippen LogP contribution in [0.3, 0.4) is 0 Å². The SMILES string of the molecule is CC(C)(C)OC(=O)N1CCC(OCCCCS(=O)(=O)c2ccc(Oc3ccc(F)cc3F)c(Cl)c2)CC1. The van der Waals surface area contributed by atoms with Crippen LogP contribution >= 0.6 is 11.6 Å². The highest BCUT2D eigenvalue weighted by atomic mass is 35.5. The van der Waals surface area contributed by atoms with Crippen LogP contribution in [0.25, 0.3) is 0 Å². The Morgan fingerprint density at radius 2 is 1.73 bits per heavy atom. The van der Waals surface area contributed by atoms with Gasteiger partial charge in [-0.15, -0.1) is 0 Å². The largest absolute Gasteiger partial charge is 0.453 e. The topological polar surface area (TPSA) is 82.1 Å². The first-order chi connectivity index (χ1) is 17.3. The number of amides is 1. The smallest absolute Gasteiger partial charge is 0.410 e. The van der Waals surface area contributed by atoms with E-state index in [2.05, 4.69) is 0 Å². The molecule has 204 valence electrons. The lowest BCUT2D eigenvalue weighted by atomic mass is 10.1.